The zero-order valence-corrected chi connectivity index (χ0v) is 12.7. The summed E-state index contributed by atoms with van der Waals surface area (Å²) in [6.45, 7) is 3.78. The van der Waals surface area contributed by atoms with E-state index in [0.29, 0.717) is 22.3 Å². The Morgan fingerprint density at radius 1 is 1.29 bits per heavy atom. The average Bonchev–Trinajstić information content (AvgIpc) is 2.80. The number of hydrogen-bond donors (Lipinski definition) is 1. The number of anilines is 1. The van der Waals surface area contributed by atoms with Crippen molar-refractivity contribution in [2.75, 3.05) is 11.9 Å². The SMILES string of the molecule is CCOC(=O)c1sc(NC(=O)Cc2ccccc2)nc1C. The first-order chi connectivity index (χ1) is 10.1. The molecule has 21 heavy (non-hydrogen) atoms. The van der Waals surface area contributed by atoms with Crippen molar-refractivity contribution in [1.29, 1.82) is 0 Å². The number of aryl methyl sites for hydroxylation is 1. The molecule has 0 aliphatic carbocycles. The summed E-state index contributed by atoms with van der Waals surface area (Å²) in [6.07, 6.45) is 0.272. The molecule has 0 unspecified atom stereocenters. The van der Waals surface area contributed by atoms with Crippen molar-refractivity contribution in [2.24, 2.45) is 0 Å². The summed E-state index contributed by atoms with van der Waals surface area (Å²) in [5.41, 5.74) is 1.49. The molecule has 0 aliphatic heterocycles. The lowest BCUT2D eigenvalue weighted by Gasteiger charge is -2.01. The van der Waals surface area contributed by atoms with Gasteiger partial charge in [0.15, 0.2) is 5.13 Å². The van der Waals surface area contributed by atoms with Gasteiger partial charge in [0.05, 0.1) is 18.7 Å². The zero-order chi connectivity index (χ0) is 15.2. The van der Waals surface area contributed by atoms with Crippen LogP contribution in [0.25, 0.3) is 0 Å². The molecule has 1 aromatic heterocycles. The number of hydrogen-bond acceptors (Lipinski definition) is 5. The van der Waals surface area contributed by atoms with Crippen LogP contribution in [0.2, 0.25) is 0 Å². The third-order valence-electron chi connectivity index (χ3n) is 2.71. The second-order valence-electron chi connectivity index (χ2n) is 4.36. The second-order valence-corrected chi connectivity index (χ2v) is 5.36. The molecule has 1 N–H and O–H groups in total. The molecule has 1 heterocycles. The first-order valence-corrected chi connectivity index (χ1v) is 7.40. The van der Waals surface area contributed by atoms with Crippen LogP contribution in [0.15, 0.2) is 30.3 Å². The fourth-order valence-electron chi connectivity index (χ4n) is 1.78. The van der Waals surface area contributed by atoms with Gasteiger partial charge in [-0.2, -0.15) is 0 Å². The molecule has 0 aliphatic rings. The Bertz CT molecular complexity index is 638. The fraction of sp³-hybridized carbons (Fsp3) is 0.267. The van der Waals surface area contributed by atoms with Crippen LogP contribution in [0, 0.1) is 6.92 Å². The van der Waals surface area contributed by atoms with Crippen molar-refractivity contribution >= 4 is 28.3 Å². The third kappa shape index (κ3) is 4.13. The predicted molar refractivity (Wildman–Crippen MR) is 81.6 cm³/mol. The van der Waals surface area contributed by atoms with Gasteiger partial charge in [-0.1, -0.05) is 41.7 Å². The molecule has 5 nitrogen and oxygen atoms in total. The van der Waals surface area contributed by atoms with Crippen molar-refractivity contribution in [3.05, 3.63) is 46.5 Å². The van der Waals surface area contributed by atoms with Gasteiger partial charge in [-0.15, -0.1) is 0 Å². The number of nitrogens with zero attached hydrogens (tertiary/aromatic N) is 1. The van der Waals surface area contributed by atoms with Gasteiger partial charge in [0.2, 0.25) is 5.91 Å². The monoisotopic (exact) mass is 304 g/mol. The van der Waals surface area contributed by atoms with E-state index in [2.05, 4.69) is 10.3 Å². The molecule has 6 heteroatoms. The molecule has 2 rings (SSSR count). The van der Waals surface area contributed by atoms with Crippen LogP contribution < -0.4 is 5.32 Å². The number of nitrogens with one attached hydrogen (secondary N) is 1. The smallest absolute Gasteiger partial charge is 0.350 e. The largest absolute Gasteiger partial charge is 0.462 e. The van der Waals surface area contributed by atoms with Crippen molar-refractivity contribution in [2.45, 2.75) is 20.3 Å². The van der Waals surface area contributed by atoms with Gasteiger partial charge in [-0.05, 0) is 19.4 Å². The van der Waals surface area contributed by atoms with E-state index in [1.165, 1.54) is 0 Å². The molecule has 2 aromatic rings. The van der Waals surface area contributed by atoms with E-state index in [0.717, 1.165) is 16.9 Å². The van der Waals surface area contributed by atoms with Gasteiger partial charge in [0.1, 0.15) is 4.88 Å². The molecule has 0 saturated heterocycles. The molecule has 1 amide bonds. The lowest BCUT2D eigenvalue weighted by Crippen LogP contribution is -2.14. The summed E-state index contributed by atoms with van der Waals surface area (Å²) in [5.74, 6) is -0.568. The first kappa shape index (κ1) is 15.2. The maximum Gasteiger partial charge on any atom is 0.350 e. The van der Waals surface area contributed by atoms with E-state index in [1.807, 2.05) is 30.3 Å². The zero-order valence-electron chi connectivity index (χ0n) is 11.9. The van der Waals surface area contributed by atoms with Gasteiger partial charge in [0.25, 0.3) is 0 Å². The number of esters is 1. The van der Waals surface area contributed by atoms with Gasteiger partial charge in [0, 0.05) is 0 Å². The Balaban J connectivity index is 2.01. The molecule has 0 radical (unpaired) electrons. The number of carbonyl (C=O) groups excluding carboxylic acids is 2. The highest BCUT2D eigenvalue weighted by Crippen LogP contribution is 2.23. The topological polar surface area (TPSA) is 68.3 Å². The minimum absolute atomic E-state index is 0.162. The van der Waals surface area contributed by atoms with Crippen LogP contribution in [-0.2, 0) is 16.0 Å². The maximum atomic E-state index is 11.9. The van der Waals surface area contributed by atoms with Crippen molar-refractivity contribution in [1.82, 2.24) is 4.98 Å². The number of rotatable bonds is 5. The first-order valence-electron chi connectivity index (χ1n) is 6.58. The summed E-state index contributed by atoms with van der Waals surface area (Å²) < 4.78 is 4.94. The highest BCUT2D eigenvalue weighted by molar-refractivity contribution is 7.17. The fourth-order valence-corrected chi connectivity index (χ4v) is 2.66. The van der Waals surface area contributed by atoms with E-state index in [4.69, 9.17) is 4.74 Å². The molecule has 1 aromatic carbocycles. The van der Waals surface area contributed by atoms with Crippen LogP contribution in [-0.4, -0.2) is 23.5 Å². The Morgan fingerprint density at radius 2 is 2.00 bits per heavy atom. The normalized spacial score (nSPS) is 10.2. The molecule has 0 saturated carbocycles. The predicted octanol–water partition coefficient (Wildman–Crippen LogP) is 2.81. The quantitative estimate of drug-likeness (QED) is 0.862. The lowest BCUT2D eigenvalue weighted by atomic mass is 10.1. The molecular formula is C15H16N2O3S. The Labute approximate surface area is 127 Å². The Morgan fingerprint density at radius 3 is 2.67 bits per heavy atom. The summed E-state index contributed by atoms with van der Waals surface area (Å²) >= 11 is 1.13. The Hall–Kier alpha value is -2.21. The highest BCUT2D eigenvalue weighted by atomic mass is 32.1. The van der Waals surface area contributed by atoms with Gasteiger partial charge in [-0.25, -0.2) is 9.78 Å². The number of aromatic nitrogens is 1. The number of amides is 1. The van der Waals surface area contributed by atoms with Crippen molar-refractivity contribution in [3.63, 3.8) is 0 Å². The van der Waals surface area contributed by atoms with Gasteiger partial charge in [-0.3, -0.25) is 4.79 Å². The summed E-state index contributed by atoms with van der Waals surface area (Å²) in [4.78, 5) is 28.2. The van der Waals surface area contributed by atoms with Crippen molar-refractivity contribution in [3.8, 4) is 0 Å². The number of benzene rings is 1. The summed E-state index contributed by atoms with van der Waals surface area (Å²) in [6, 6.07) is 9.44. The van der Waals surface area contributed by atoms with Crippen LogP contribution in [0.5, 0.6) is 0 Å². The van der Waals surface area contributed by atoms with E-state index in [9.17, 15) is 9.59 Å². The van der Waals surface area contributed by atoms with E-state index < -0.39 is 5.97 Å². The van der Waals surface area contributed by atoms with Crippen LogP contribution in [0.3, 0.4) is 0 Å². The standard InChI is InChI=1S/C15H16N2O3S/c1-3-20-14(19)13-10(2)16-15(21-13)17-12(18)9-11-7-5-4-6-8-11/h4-8H,3,9H2,1-2H3,(H,16,17,18). The highest BCUT2D eigenvalue weighted by Gasteiger charge is 2.17. The van der Waals surface area contributed by atoms with E-state index in [-0.39, 0.29) is 12.3 Å². The minimum Gasteiger partial charge on any atom is -0.462 e. The molecule has 110 valence electrons. The van der Waals surface area contributed by atoms with Crippen molar-refractivity contribution < 1.29 is 14.3 Å². The Kier molecular flexibility index (Phi) is 5.05. The van der Waals surface area contributed by atoms with Crippen LogP contribution >= 0.6 is 11.3 Å². The average molecular weight is 304 g/mol. The number of ether oxygens (including phenoxy) is 1. The molecule has 0 spiro atoms. The maximum absolute atomic E-state index is 11.9. The third-order valence-corrected chi connectivity index (χ3v) is 3.76. The number of thiazole rings is 1. The molecular weight excluding hydrogens is 288 g/mol. The van der Waals surface area contributed by atoms with Crippen LogP contribution in [0.1, 0.15) is 27.9 Å². The van der Waals surface area contributed by atoms with Gasteiger partial charge < -0.3 is 10.1 Å². The van der Waals surface area contributed by atoms with E-state index >= 15 is 0 Å². The van der Waals surface area contributed by atoms with E-state index in [1.54, 1.807) is 13.8 Å². The second kappa shape index (κ2) is 6.99. The van der Waals surface area contributed by atoms with Gasteiger partial charge >= 0.3 is 5.97 Å². The molecule has 0 fully saturated rings. The lowest BCUT2D eigenvalue weighted by molar-refractivity contribution is -0.115. The summed E-state index contributed by atoms with van der Waals surface area (Å²) in [7, 11) is 0. The molecule has 0 bridgehead atoms. The minimum atomic E-state index is -0.406. The summed E-state index contributed by atoms with van der Waals surface area (Å²) in [5, 5.41) is 3.12. The van der Waals surface area contributed by atoms with Crippen LogP contribution in [0.4, 0.5) is 5.13 Å². The number of carbonyl (C=O) groups is 2. The molecule has 0 atom stereocenters.